The number of carbonyl (C=O) groups is 2. The molecule has 3 rings (SSSR count). The van der Waals surface area contributed by atoms with E-state index in [0.717, 1.165) is 0 Å². The standard InChI is InChI=1S/C26H20Cl2IN3O4/c1-2-35-23-12-16(10-17(14-30)26(34)31-19-7-5-6-18(27)13-19)11-21(29)25(23)36-15-24(33)32-22-9-4-3-8-20(22)28/h3-13H,2,15H2,1H3,(H,31,34)(H,32,33)/b17-10-. The summed E-state index contributed by atoms with van der Waals surface area (Å²) in [5.74, 6) is -0.237. The summed E-state index contributed by atoms with van der Waals surface area (Å²) in [6.45, 7) is 1.87. The van der Waals surface area contributed by atoms with Crippen LogP contribution in [0.1, 0.15) is 12.5 Å². The summed E-state index contributed by atoms with van der Waals surface area (Å²) in [5.41, 5.74) is 1.39. The second kappa shape index (κ2) is 13.2. The Balaban J connectivity index is 1.78. The van der Waals surface area contributed by atoms with E-state index in [9.17, 15) is 14.9 Å². The molecule has 0 spiro atoms. The maximum absolute atomic E-state index is 12.6. The monoisotopic (exact) mass is 635 g/mol. The lowest BCUT2D eigenvalue weighted by Crippen LogP contribution is -2.21. The van der Waals surface area contributed by atoms with Gasteiger partial charge in [0.25, 0.3) is 11.8 Å². The molecular weight excluding hydrogens is 616 g/mol. The highest BCUT2D eigenvalue weighted by Crippen LogP contribution is 2.35. The summed E-state index contributed by atoms with van der Waals surface area (Å²) in [6.07, 6.45) is 1.44. The van der Waals surface area contributed by atoms with Gasteiger partial charge in [-0.2, -0.15) is 5.26 Å². The Morgan fingerprint density at radius 3 is 2.53 bits per heavy atom. The fourth-order valence-corrected chi connectivity index (χ4v) is 4.20. The highest BCUT2D eigenvalue weighted by Gasteiger charge is 2.16. The Morgan fingerprint density at radius 2 is 1.83 bits per heavy atom. The molecule has 0 aliphatic rings. The first-order valence-corrected chi connectivity index (χ1v) is 12.5. The van der Waals surface area contributed by atoms with Gasteiger partial charge in [0.1, 0.15) is 11.6 Å². The third kappa shape index (κ3) is 7.62. The molecule has 0 saturated heterocycles. The molecule has 3 aromatic rings. The maximum Gasteiger partial charge on any atom is 0.266 e. The summed E-state index contributed by atoms with van der Waals surface area (Å²) < 4.78 is 12.1. The molecule has 0 saturated carbocycles. The first-order chi connectivity index (χ1) is 17.3. The van der Waals surface area contributed by atoms with Gasteiger partial charge in [-0.3, -0.25) is 9.59 Å². The number of hydrogen-bond donors (Lipinski definition) is 2. The minimum atomic E-state index is -0.579. The van der Waals surface area contributed by atoms with E-state index in [1.807, 2.05) is 35.6 Å². The van der Waals surface area contributed by atoms with Gasteiger partial charge in [0.05, 0.1) is 20.9 Å². The number of nitrogens with zero attached hydrogens (tertiary/aromatic N) is 1. The number of ether oxygens (including phenoxy) is 2. The molecule has 2 N–H and O–H groups in total. The van der Waals surface area contributed by atoms with E-state index in [1.165, 1.54) is 6.08 Å². The average Bonchev–Trinajstić information content (AvgIpc) is 2.83. The number of nitriles is 1. The van der Waals surface area contributed by atoms with Crippen LogP contribution in [0.5, 0.6) is 11.5 Å². The van der Waals surface area contributed by atoms with Crippen molar-refractivity contribution in [3.63, 3.8) is 0 Å². The van der Waals surface area contributed by atoms with Crippen molar-refractivity contribution in [2.75, 3.05) is 23.8 Å². The minimum absolute atomic E-state index is 0.110. The van der Waals surface area contributed by atoms with Crippen molar-refractivity contribution in [2.24, 2.45) is 0 Å². The molecule has 36 heavy (non-hydrogen) atoms. The molecule has 7 nitrogen and oxygen atoms in total. The Labute approximate surface area is 232 Å². The SMILES string of the molecule is CCOc1cc(/C=C(/C#N)C(=O)Nc2cccc(Cl)c2)cc(I)c1OCC(=O)Nc1ccccc1Cl. The van der Waals surface area contributed by atoms with Gasteiger partial charge in [-0.25, -0.2) is 0 Å². The zero-order chi connectivity index (χ0) is 26.1. The summed E-state index contributed by atoms with van der Waals surface area (Å²) in [5, 5.41) is 15.8. The van der Waals surface area contributed by atoms with Crippen LogP contribution < -0.4 is 20.1 Å². The summed E-state index contributed by atoms with van der Waals surface area (Å²) >= 11 is 14.1. The van der Waals surface area contributed by atoms with Crippen LogP contribution in [0, 0.1) is 14.9 Å². The van der Waals surface area contributed by atoms with Crippen LogP contribution in [0.15, 0.2) is 66.2 Å². The van der Waals surface area contributed by atoms with Crippen LogP contribution in [-0.4, -0.2) is 25.0 Å². The minimum Gasteiger partial charge on any atom is -0.490 e. The van der Waals surface area contributed by atoms with Crippen LogP contribution in [0.25, 0.3) is 6.08 Å². The Morgan fingerprint density at radius 1 is 1.06 bits per heavy atom. The Kier molecular flexibility index (Phi) is 9.99. The number of benzene rings is 3. The van der Waals surface area contributed by atoms with Gasteiger partial charge in [0, 0.05) is 10.7 Å². The highest BCUT2D eigenvalue weighted by atomic mass is 127. The van der Waals surface area contributed by atoms with E-state index >= 15 is 0 Å². The molecule has 0 radical (unpaired) electrons. The number of anilines is 2. The molecule has 0 unspecified atom stereocenters. The number of rotatable bonds is 9. The fraction of sp³-hybridized carbons (Fsp3) is 0.115. The molecule has 2 amide bonds. The summed E-state index contributed by atoms with van der Waals surface area (Å²) in [7, 11) is 0. The van der Waals surface area contributed by atoms with Crippen molar-refractivity contribution in [2.45, 2.75) is 6.92 Å². The molecule has 10 heteroatoms. The predicted octanol–water partition coefficient (Wildman–Crippen LogP) is 6.56. The average molecular weight is 636 g/mol. The highest BCUT2D eigenvalue weighted by molar-refractivity contribution is 14.1. The molecule has 0 atom stereocenters. The van der Waals surface area contributed by atoms with Gasteiger partial charge in [0.15, 0.2) is 18.1 Å². The van der Waals surface area contributed by atoms with E-state index in [0.29, 0.717) is 48.7 Å². The van der Waals surface area contributed by atoms with E-state index in [1.54, 1.807) is 60.7 Å². The van der Waals surface area contributed by atoms with Crippen molar-refractivity contribution < 1.29 is 19.1 Å². The Bertz CT molecular complexity index is 1360. The van der Waals surface area contributed by atoms with Crippen LogP contribution in [-0.2, 0) is 9.59 Å². The number of nitrogens with one attached hydrogen (secondary N) is 2. The molecule has 3 aromatic carbocycles. The lowest BCUT2D eigenvalue weighted by Gasteiger charge is -2.15. The lowest BCUT2D eigenvalue weighted by molar-refractivity contribution is -0.118. The number of para-hydroxylation sites is 1. The molecule has 0 aliphatic carbocycles. The van der Waals surface area contributed by atoms with Crippen molar-refractivity contribution in [1.82, 2.24) is 0 Å². The van der Waals surface area contributed by atoms with E-state index in [4.69, 9.17) is 32.7 Å². The van der Waals surface area contributed by atoms with Crippen LogP contribution >= 0.6 is 45.8 Å². The van der Waals surface area contributed by atoms with E-state index in [2.05, 4.69) is 10.6 Å². The third-order valence-corrected chi connectivity index (χ3v) is 5.95. The van der Waals surface area contributed by atoms with E-state index < -0.39 is 11.8 Å². The fourth-order valence-electron chi connectivity index (χ4n) is 3.04. The van der Waals surface area contributed by atoms with E-state index in [-0.39, 0.29) is 12.2 Å². The van der Waals surface area contributed by atoms with Crippen LogP contribution in [0.4, 0.5) is 11.4 Å². The molecule has 0 aromatic heterocycles. The van der Waals surface area contributed by atoms with Gasteiger partial charge in [-0.05, 0) is 83.6 Å². The zero-order valence-electron chi connectivity index (χ0n) is 19.0. The van der Waals surface area contributed by atoms with Crippen LogP contribution in [0.2, 0.25) is 10.0 Å². The predicted molar refractivity (Wildman–Crippen MR) is 150 cm³/mol. The first kappa shape index (κ1) is 27.3. The largest absolute Gasteiger partial charge is 0.490 e. The zero-order valence-corrected chi connectivity index (χ0v) is 22.6. The topological polar surface area (TPSA) is 100 Å². The van der Waals surface area contributed by atoms with Crippen molar-refractivity contribution in [3.8, 4) is 17.6 Å². The maximum atomic E-state index is 12.6. The molecular formula is C26H20Cl2IN3O4. The number of amides is 2. The summed E-state index contributed by atoms with van der Waals surface area (Å²) in [4.78, 5) is 25.0. The molecule has 0 bridgehead atoms. The molecule has 184 valence electrons. The van der Waals surface area contributed by atoms with Gasteiger partial charge >= 0.3 is 0 Å². The number of halogens is 3. The first-order valence-electron chi connectivity index (χ1n) is 10.6. The van der Waals surface area contributed by atoms with Crippen molar-refractivity contribution in [3.05, 3.63) is 85.4 Å². The second-order valence-corrected chi connectivity index (χ2v) is 9.22. The van der Waals surface area contributed by atoms with Crippen LogP contribution in [0.3, 0.4) is 0 Å². The normalized spacial score (nSPS) is 10.8. The Hall–Kier alpha value is -3.26. The molecule has 0 heterocycles. The van der Waals surface area contributed by atoms with Gasteiger partial charge in [0.2, 0.25) is 0 Å². The van der Waals surface area contributed by atoms with Gasteiger partial charge < -0.3 is 20.1 Å². The number of carbonyl (C=O) groups excluding carboxylic acids is 2. The second-order valence-electron chi connectivity index (χ2n) is 7.21. The number of hydrogen-bond acceptors (Lipinski definition) is 5. The lowest BCUT2D eigenvalue weighted by atomic mass is 10.1. The summed E-state index contributed by atoms with van der Waals surface area (Å²) in [6, 6.07) is 18.8. The van der Waals surface area contributed by atoms with Gasteiger partial charge in [-0.1, -0.05) is 41.4 Å². The molecule has 0 fully saturated rings. The van der Waals surface area contributed by atoms with Crippen molar-refractivity contribution in [1.29, 1.82) is 5.26 Å². The van der Waals surface area contributed by atoms with Crippen molar-refractivity contribution >= 4 is 75.1 Å². The quantitative estimate of drug-likeness (QED) is 0.158. The van der Waals surface area contributed by atoms with Gasteiger partial charge in [-0.15, -0.1) is 0 Å². The smallest absolute Gasteiger partial charge is 0.266 e. The molecule has 0 aliphatic heterocycles. The third-order valence-electron chi connectivity index (χ3n) is 4.59.